The van der Waals surface area contributed by atoms with Gasteiger partial charge in [-0.3, -0.25) is 10.1 Å². The summed E-state index contributed by atoms with van der Waals surface area (Å²) >= 11 is 0. The van der Waals surface area contributed by atoms with Crippen LogP contribution in [0.3, 0.4) is 0 Å². The standard InChI is InChI=1S/C20H31N3O2/c1-14(2)19(22-13-18(24)23-20(25)21-3)17-11-9-16(10-12-17)15-7-5-4-6-8-15/h9-12,14-15,19,22H,4-8,13H2,1-3H3,(H2,21,23,24,25). The summed E-state index contributed by atoms with van der Waals surface area (Å²) in [6.07, 6.45) is 6.63. The van der Waals surface area contributed by atoms with Gasteiger partial charge in [0.15, 0.2) is 0 Å². The normalized spacial score (nSPS) is 16.5. The van der Waals surface area contributed by atoms with E-state index in [1.165, 1.54) is 50.3 Å². The molecule has 0 aliphatic heterocycles. The van der Waals surface area contributed by atoms with E-state index in [1.807, 2.05) is 0 Å². The number of carbonyl (C=O) groups excluding carboxylic acids is 2. The Kier molecular flexibility index (Phi) is 7.44. The van der Waals surface area contributed by atoms with Crippen LogP contribution in [0.5, 0.6) is 0 Å². The molecule has 1 saturated carbocycles. The van der Waals surface area contributed by atoms with Crippen LogP contribution in [-0.2, 0) is 4.79 Å². The third kappa shape index (κ3) is 5.85. The predicted octanol–water partition coefficient (Wildman–Crippen LogP) is 3.48. The Labute approximate surface area is 151 Å². The molecule has 1 fully saturated rings. The van der Waals surface area contributed by atoms with Crippen LogP contribution >= 0.6 is 0 Å². The van der Waals surface area contributed by atoms with E-state index in [0.29, 0.717) is 11.8 Å². The number of hydrogen-bond donors (Lipinski definition) is 3. The molecule has 1 aromatic rings. The molecule has 2 rings (SSSR count). The molecule has 1 atom stereocenters. The molecule has 0 bridgehead atoms. The van der Waals surface area contributed by atoms with Gasteiger partial charge in [0.1, 0.15) is 0 Å². The zero-order valence-electron chi connectivity index (χ0n) is 15.6. The Morgan fingerprint density at radius 3 is 2.28 bits per heavy atom. The van der Waals surface area contributed by atoms with Crippen molar-refractivity contribution >= 4 is 11.9 Å². The number of carbonyl (C=O) groups is 2. The number of imide groups is 1. The molecule has 1 aliphatic carbocycles. The van der Waals surface area contributed by atoms with Gasteiger partial charge in [-0.25, -0.2) is 4.79 Å². The molecule has 3 N–H and O–H groups in total. The summed E-state index contributed by atoms with van der Waals surface area (Å²) in [6.45, 7) is 4.37. The van der Waals surface area contributed by atoms with E-state index in [0.717, 1.165) is 0 Å². The van der Waals surface area contributed by atoms with Crippen molar-refractivity contribution in [3.05, 3.63) is 35.4 Å². The fourth-order valence-corrected chi connectivity index (χ4v) is 3.59. The summed E-state index contributed by atoms with van der Waals surface area (Å²) in [6, 6.07) is 8.44. The van der Waals surface area contributed by atoms with Crippen LogP contribution in [-0.4, -0.2) is 25.5 Å². The first-order chi connectivity index (χ1) is 12.0. The number of amides is 3. The quantitative estimate of drug-likeness (QED) is 0.739. The van der Waals surface area contributed by atoms with Crippen molar-refractivity contribution in [2.75, 3.05) is 13.6 Å². The fraction of sp³-hybridized carbons (Fsp3) is 0.600. The second-order valence-corrected chi connectivity index (χ2v) is 7.23. The maximum absolute atomic E-state index is 11.8. The molecule has 1 aromatic carbocycles. The second-order valence-electron chi connectivity index (χ2n) is 7.23. The number of nitrogens with one attached hydrogen (secondary N) is 3. The predicted molar refractivity (Wildman–Crippen MR) is 100 cm³/mol. The Morgan fingerprint density at radius 1 is 1.08 bits per heavy atom. The minimum absolute atomic E-state index is 0.0795. The van der Waals surface area contributed by atoms with Crippen LogP contribution in [0.25, 0.3) is 0 Å². The first-order valence-corrected chi connectivity index (χ1v) is 9.36. The van der Waals surface area contributed by atoms with Gasteiger partial charge in [0.25, 0.3) is 0 Å². The van der Waals surface area contributed by atoms with Crippen molar-refractivity contribution in [1.82, 2.24) is 16.0 Å². The summed E-state index contributed by atoms with van der Waals surface area (Å²) in [5.41, 5.74) is 2.62. The van der Waals surface area contributed by atoms with Gasteiger partial charge < -0.3 is 10.6 Å². The maximum atomic E-state index is 11.8. The van der Waals surface area contributed by atoms with Gasteiger partial charge in [-0.15, -0.1) is 0 Å². The Balaban J connectivity index is 1.97. The largest absolute Gasteiger partial charge is 0.341 e. The summed E-state index contributed by atoms with van der Waals surface area (Å²) < 4.78 is 0. The monoisotopic (exact) mass is 345 g/mol. The third-order valence-electron chi connectivity index (χ3n) is 5.00. The summed E-state index contributed by atoms with van der Waals surface area (Å²) in [7, 11) is 1.49. The molecule has 1 aliphatic rings. The van der Waals surface area contributed by atoms with Crippen LogP contribution in [0.1, 0.15) is 69.0 Å². The van der Waals surface area contributed by atoms with Crippen molar-refractivity contribution in [3.63, 3.8) is 0 Å². The van der Waals surface area contributed by atoms with Crippen LogP contribution in [0.4, 0.5) is 4.79 Å². The van der Waals surface area contributed by atoms with E-state index in [1.54, 1.807) is 0 Å². The molecule has 0 radical (unpaired) electrons. The minimum atomic E-state index is -0.482. The van der Waals surface area contributed by atoms with E-state index in [-0.39, 0.29) is 18.5 Å². The van der Waals surface area contributed by atoms with Gasteiger partial charge >= 0.3 is 6.03 Å². The van der Waals surface area contributed by atoms with Crippen LogP contribution in [0.2, 0.25) is 0 Å². The average Bonchev–Trinajstić information content (AvgIpc) is 2.62. The lowest BCUT2D eigenvalue weighted by Crippen LogP contribution is -2.43. The topological polar surface area (TPSA) is 70.2 Å². The number of benzene rings is 1. The van der Waals surface area contributed by atoms with Crippen molar-refractivity contribution < 1.29 is 9.59 Å². The molecule has 0 heterocycles. The van der Waals surface area contributed by atoms with Gasteiger partial charge in [-0.2, -0.15) is 0 Å². The Morgan fingerprint density at radius 2 is 1.72 bits per heavy atom. The van der Waals surface area contributed by atoms with Gasteiger partial charge in [-0.05, 0) is 35.8 Å². The lowest BCUT2D eigenvalue weighted by molar-refractivity contribution is -0.119. The molecule has 25 heavy (non-hydrogen) atoms. The number of rotatable bonds is 6. The molecule has 5 heteroatoms. The first-order valence-electron chi connectivity index (χ1n) is 9.36. The van der Waals surface area contributed by atoms with Gasteiger partial charge in [0.05, 0.1) is 6.54 Å². The molecule has 5 nitrogen and oxygen atoms in total. The smallest absolute Gasteiger partial charge is 0.321 e. The van der Waals surface area contributed by atoms with E-state index in [9.17, 15) is 9.59 Å². The second kappa shape index (κ2) is 9.56. The minimum Gasteiger partial charge on any atom is -0.341 e. The molecule has 138 valence electrons. The number of urea groups is 1. The number of hydrogen-bond acceptors (Lipinski definition) is 3. The third-order valence-corrected chi connectivity index (χ3v) is 5.00. The fourth-order valence-electron chi connectivity index (χ4n) is 3.59. The average molecular weight is 345 g/mol. The van der Waals surface area contributed by atoms with Crippen molar-refractivity contribution in [1.29, 1.82) is 0 Å². The lowest BCUT2D eigenvalue weighted by Gasteiger charge is -2.25. The lowest BCUT2D eigenvalue weighted by atomic mass is 9.83. The summed E-state index contributed by atoms with van der Waals surface area (Å²) in [5.74, 6) is 0.712. The highest BCUT2D eigenvalue weighted by atomic mass is 16.2. The SMILES string of the molecule is CNC(=O)NC(=O)CNC(c1ccc(C2CCCCC2)cc1)C(C)C. The Bertz CT molecular complexity index is 563. The van der Waals surface area contributed by atoms with Crippen LogP contribution < -0.4 is 16.0 Å². The summed E-state index contributed by atoms with van der Waals surface area (Å²) in [4.78, 5) is 23.0. The van der Waals surface area contributed by atoms with E-state index < -0.39 is 6.03 Å². The van der Waals surface area contributed by atoms with Crippen molar-refractivity contribution in [2.45, 2.75) is 57.9 Å². The van der Waals surface area contributed by atoms with E-state index in [4.69, 9.17) is 0 Å². The molecule has 0 spiro atoms. The van der Waals surface area contributed by atoms with E-state index >= 15 is 0 Å². The molecule has 0 saturated heterocycles. The molecule has 1 unspecified atom stereocenters. The van der Waals surface area contributed by atoms with Crippen LogP contribution in [0, 0.1) is 5.92 Å². The molecule has 0 aromatic heterocycles. The van der Waals surface area contributed by atoms with Gasteiger partial charge in [0, 0.05) is 13.1 Å². The highest BCUT2D eigenvalue weighted by Gasteiger charge is 2.19. The van der Waals surface area contributed by atoms with Crippen LogP contribution in [0.15, 0.2) is 24.3 Å². The van der Waals surface area contributed by atoms with Crippen molar-refractivity contribution in [2.24, 2.45) is 5.92 Å². The molecular weight excluding hydrogens is 314 g/mol. The van der Waals surface area contributed by atoms with Crippen molar-refractivity contribution in [3.8, 4) is 0 Å². The maximum Gasteiger partial charge on any atom is 0.321 e. The first kappa shape index (κ1) is 19.4. The van der Waals surface area contributed by atoms with E-state index in [2.05, 4.69) is 54.1 Å². The molecule has 3 amide bonds. The van der Waals surface area contributed by atoms with Gasteiger partial charge in [-0.1, -0.05) is 57.4 Å². The Hall–Kier alpha value is -1.88. The highest BCUT2D eigenvalue weighted by molar-refractivity contribution is 5.95. The molecular formula is C20H31N3O2. The van der Waals surface area contributed by atoms with Gasteiger partial charge in [0.2, 0.25) is 5.91 Å². The zero-order chi connectivity index (χ0) is 18.2. The highest BCUT2D eigenvalue weighted by Crippen LogP contribution is 2.33. The zero-order valence-corrected chi connectivity index (χ0v) is 15.6. The summed E-state index contributed by atoms with van der Waals surface area (Å²) in [5, 5.41) is 7.92.